The van der Waals surface area contributed by atoms with Crippen LogP contribution in [0.5, 0.6) is 0 Å². The Morgan fingerprint density at radius 2 is 1.85 bits per heavy atom. The molecular formula is C27H29F4N5O3. The average Bonchev–Trinajstić information content (AvgIpc) is 3.57. The molecule has 2 amide bonds. The fourth-order valence-electron chi connectivity index (χ4n) is 4.74. The Balaban J connectivity index is 1.57. The van der Waals surface area contributed by atoms with Crippen LogP contribution in [0.1, 0.15) is 44.1 Å². The number of hydrogen-bond acceptors (Lipinski definition) is 5. The smallest absolute Gasteiger partial charge is 0.417 e. The monoisotopic (exact) mass is 547 g/mol. The number of carbonyl (C=O) groups is 2. The molecule has 1 saturated heterocycles. The van der Waals surface area contributed by atoms with E-state index in [9.17, 15) is 27.2 Å². The number of alkyl halides is 3. The Bertz CT molecular complexity index is 1350. The molecule has 2 aromatic carbocycles. The highest BCUT2D eigenvalue weighted by molar-refractivity contribution is 5.86. The van der Waals surface area contributed by atoms with Crippen molar-refractivity contribution in [2.45, 2.75) is 44.9 Å². The lowest BCUT2D eigenvalue weighted by Crippen LogP contribution is -2.51. The summed E-state index contributed by atoms with van der Waals surface area (Å²) in [6.07, 6.45) is -2.39. The summed E-state index contributed by atoms with van der Waals surface area (Å²) in [6, 6.07) is 6.42. The molecule has 1 aliphatic rings. The van der Waals surface area contributed by atoms with Crippen LogP contribution in [0.15, 0.2) is 42.6 Å². The summed E-state index contributed by atoms with van der Waals surface area (Å²) in [6.45, 7) is 4.16. The topological polar surface area (TPSA) is 113 Å². The minimum atomic E-state index is -4.71. The van der Waals surface area contributed by atoms with Gasteiger partial charge in [-0.1, -0.05) is 38.1 Å². The number of benzene rings is 2. The average molecular weight is 548 g/mol. The Kier molecular flexibility index (Phi) is 7.84. The quantitative estimate of drug-likeness (QED) is 0.278. The van der Waals surface area contributed by atoms with Gasteiger partial charge in [0.15, 0.2) is 0 Å². The molecule has 1 aromatic heterocycles. The molecule has 3 aromatic rings. The number of alkyl carbamates (subject to hydrolysis) is 1. The first-order valence-electron chi connectivity index (χ1n) is 12.4. The summed E-state index contributed by atoms with van der Waals surface area (Å²) in [5.74, 6) is -0.787. The van der Waals surface area contributed by atoms with E-state index in [4.69, 9.17) is 5.73 Å². The molecule has 8 nitrogen and oxygen atoms in total. The van der Waals surface area contributed by atoms with E-state index in [0.717, 1.165) is 12.5 Å². The number of nitrogens with one attached hydrogen (secondary N) is 2. The Hall–Kier alpha value is -4.09. The van der Waals surface area contributed by atoms with Gasteiger partial charge in [0.1, 0.15) is 17.7 Å². The lowest BCUT2D eigenvalue weighted by molar-refractivity contribution is -0.137. The fraction of sp³-hybridized carbons (Fsp3) is 0.370. The van der Waals surface area contributed by atoms with Crippen molar-refractivity contribution in [2.24, 2.45) is 5.92 Å². The van der Waals surface area contributed by atoms with Crippen molar-refractivity contribution in [3.63, 3.8) is 0 Å². The summed E-state index contributed by atoms with van der Waals surface area (Å²) >= 11 is 0. The van der Waals surface area contributed by atoms with Crippen LogP contribution in [-0.4, -0.2) is 46.6 Å². The van der Waals surface area contributed by atoms with Gasteiger partial charge < -0.3 is 25.7 Å². The van der Waals surface area contributed by atoms with E-state index < -0.39 is 35.4 Å². The summed E-state index contributed by atoms with van der Waals surface area (Å²) in [5.41, 5.74) is 4.88. The molecule has 0 radical (unpaired) electrons. The third-order valence-electron chi connectivity index (χ3n) is 6.79. The van der Waals surface area contributed by atoms with Crippen LogP contribution in [-0.2, 0) is 15.7 Å². The third kappa shape index (κ3) is 5.84. The van der Waals surface area contributed by atoms with Gasteiger partial charge in [-0.15, -0.1) is 0 Å². The molecule has 0 aliphatic carbocycles. The van der Waals surface area contributed by atoms with Gasteiger partial charge >= 0.3 is 12.3 Å². The highest BCUT2D eigenvalue weighted by Crippen LogP contribution is 2.40. The van der Waals surface area contributed by atoms with Gasteiger partial charge in [-0.2, -0.15) is 13.2 Å². The van der Waals surface area contributed by atoms with E-state index >= 15 is 0 Å². The number of methoxy groups -OCH3 is 1. The number of aromatic amines is 1. The predicted octanol–water partition coefficient (Wildman–Crippen LogP) is 5.53. The second kappa shape index (κ2) is 11.0. The second-order valence-corrected chi connectivity index (χ2v) is 9.72. The van der Waals surface area contributed by atoms with Gasteiger partial charge in [-0.05, 0) is 47.6 Å². The zero-order chi connectivity index (χ0) is 28.5. The number of ether oxygens (including phenoxy) is 1. The molecule has 1 unspecified atom stereocenters. The fourth-order valence-corrected chi connectivity index (χ4v) is 4.74. The molecule has 0 spiro atoms. The molecule has 1 fully saturated rings. The molecule has 1 aliphatic heterocycles. The number of nitrogens with two attached hydrogens (primary N) is 1. The third-order valence-corrected chi connectivity index (χ3v) is 6.79. The number of aromatic nitrogens is 2. The number of carbonyl (C=O) groups excluding carboxylic acids is 2. The predicted molar refractivity (Wildman–Crippen MR) is 137 cm³/mol. The van der Waals surface area contributed by atoms with Crippen LogP contribution in [0.2, 0.25) is 0 Å². The molecule has 0 saturated carbocycles. The minimum Gasteiger partial charge on any atom is -0.453 e. The molecular weight excluding hydrogens is 518 g/mol. The maximum atomic E-state index is 14.0. The largest absolute Gasteiger partial charge is 0.453 e. The van der Waals surface area contributed by atoms with E-state index in [-0.39, 0.29) is 29.0 Å². The molecule has 39 heavy (non-hydrogen) atoms. The number of anilines is 1. The normalized spacial score (nSPS) is 16.4. The van der Waals surface area contributed by atoms with E-state index in [1.165, 1.54) is 19.2 Å². The maximum absolute atomic E-state index is 14.0. The van der Waals surface area contributed by atoms with Crippen LogP contribution in [0, 0.1) is 11.7 Å². The molecule has 208 valence electrons. The first-order chi connectivity index (χ1) is 18.4. The SMILES string of the molecule is COC(=O)NC(C(=O)N1CCC[C@H]1c1ncc(-c2ccc(-c3cc(F)c(N)cc3C(F)(F)F)cc2)[nH]1)C(C)C. The van der Waals surface area contributed by atoms with Crippen molar-refractivity contribution < 1.29 is 31.9 Å². The van der Waals surface area contributed by atoms with Crippen molar-refractivity contribution in [1.29, 1.82) is 0 Å². The lowest BCUT2D eigenvalue weighted by Gasteiger charge is -2.30. The van der Waals surface area contributed by atoms with Crippen molar-refractivity contribution in [3.05, 3.63) is 59.8 Å². The first-order valence-corrected chi connectivity index (χ1v) is 12.4. The van der Waals surface area contributed by atoms with Gasteiger partial charge in [0, 0.05) is 6.54 Å². The van der Waals surface area contributed by atoms with Crippen molar-refractivity contribution in [2.75, 3.05) is 19.4 Å². The molecule has 2 heterocycles. The number of likely N-dealkylation sites (tertiary alicyclic amines) is 1. The molecule has 4 rings (SSSR count). The number of rotatable bonds is 6. The number of nitrogens with zero attached hydrogens (tertiary/aromatic N) is 2. The van der Waals surface area contributed by atoms with Crippen LogP contribution < -0.4 is 11.1 Å². The zero-order valence-corrected chi connectivity index (χ0v) is 21.6. The van der Waals surface area contributed by atoms with Gasteiger partial charge in [0.05, 0.1) is 36.3 Å². The van der Waals surface area contributed by atoms with Crippen molar-refractivity contribution in [3.8, 4) is 22.4 Å². The van der Waals surface area contributed by atoms with Crippen LogP contribution in [0.4, 0.5) is 28.0 Å². The minimum absolute atomic E-state index is 0.170. The summed E-state index contributed by atoms with van der Waals surface area (Å²) < 4.78 is 59.4. The number of imidazole rings is 1. The van der Waals surface area contributed by atoms with Gasteiger partial charge in [0.2, 0.25) is 5.91 Å². The first kappa shape index (κ1) is 27.9. The number of H-pyrrole nitrogens is 1. The number of halogens is 4. The summed E-state index contributed by atoms with van der Waals surface area (Å²) in [5, 5.41) is 2.60. The van der Waals surface area contributed by atoms with Crippen molar-refractivity contribution >= 4 is 17.7 Å². The number of hydrogen-bond donors (Lipinski definition) is 3. The van der Waals surface area contributed by atoms with Gasteiger partial charge in [0.25, 0.3) is 0 Å². The van der Waals surface area contributed by atoms with Gasteiger partial charge in [-0.3, -0.25) is 4.79 Å². The van der Waals surface area contributed by atoms with Crippen LogP contribution >= 0.6 is 0 Å². The van der Waals surface area contributed by atoms with Gasteiger partial charge in [-0.25, -0.2) is 14.2 Å². The summed E-state index contributed by atoms with van der Waals surface area (Å²) in [4.78, 5) is 34.4. The highest BCUT2D eigenvalue weighted by Gasteiger charge is 2.38. The Labute approximate surface area is 222 Å². The lowest BCUT2D eigenvalue weighted by atomic mass is 9.97. The van der Waals surface area contributed by atoms with Crippen LogP contribution in [0.25, 0.3) is 22.4 Å². The van der Waals surface area contributed by atoms with E-state index in [0.29, 0.717) is 36.1 Å². The zero-order valence-electron chi connectivity index (χ0n) is 21.6. The standard InChI is InChI=1S/C27H29F4N5O3/c1-14(2)23(35-26(38)39-3)25(37)36-10-4-5-22(36)24-33-13-21(34-24)16-8-6-15(7-9-16)17-11-19(28)20(32)12-18(17)27(29,30)31/h6-9,11-14,22-23H,4-5,10,32H2,1-3H3,(H,33,34)(H,35,38)/t22-,23?/m0/s1. The highest BCUT2D eigenvalue weighted by atomic mass is 19.4. The number of nitrogen functional groups attached to an aromatic ring is 1. The molecule has 12 heteroatoms. The molecule has 2 atom stereocenters. The summed E-state index contributed by atoms with van der Waals surface area (Å²) in [7, 11) is 1.23. The second-order valence-electron chi connectivity index (χ2n) is 9.72. The Morgan fingerprint density at radius 3 is 2.46 bits per heavy atom. The van der Waals surface area contributed by atoms with E-state index in [2.05, 4.69) is 20.0 Å². The van der Waals surface area contributed by atoms with Crippen LogP contribution in [0.3, 0.4) is 0 Å². The molecule has 4 N–H and O–H groups in total. The molecule has 0 bridgehead atoms. The Morgan fingerprint density at radius 1 is 1.18 bits per heavy atom. The van der Waals surface area contributed by atoms with Crippen molar-refractivity contribution in [1.82, 2.24) is 20.2 Å². The van der Waals surface area contributed by atoms with E-state index in [1.54, 1.807) is 23.2 Å². The van der Waals surface area contributed by atoms with E-state index in [1.807, 2.05) is 13.8 Å². The maximum Gasteiger partial charge on any atom is 0.417 e. The number of amides is 2.